The molecule has 166 valence electrons. The molecule has 1 aromatic heterocycles. The lowest BCUT2D eigenvalue weighted by atomic mass is 10.0. The first kappa shape index (κ1) is 23.3. The van der Waals surface area contributed by atoms with Gasteiger partial charge in [0, 0.05) is 17.0 Å². The highest BCUT2D eigenvalue weighted by Gasteiger charge is 2.26. The molecule has 3 N–H and O–H groups in total. The maximum atomic E-state index is 12.7. The topological polar surface area (TPSA) is 182 Å². The van der Waals surface area contributed by atoms with Crippen LogP contribution in [0.25, 0.3) is 5.69 Å². The summed E-state index contributed by atoms with van der Waals surface area (Å²) in [5, 5.41) is 32.1. The van der Waals surface area contributed by atoms with Crippen molar-refractivity contribution in [3.63, 3.8) is 0 Å². The molecular weight excluding hydrogens is 450 g/mol. The number of nitriles is 1. The average Bonchev–Trinajstić information content (AvgIpc) is 3.26. The molecule has 0 aliphatic carbocycles. The standard InChI is InChI=1S/C20H15N7O5S/c1-12(22)16(10-21)17(28)11-32-19(29)15-9-14(27(30)31)7-8-18(15)33-20-23-24-25-26(20)13-5-3-2-4-6-13/h2-9,16H,1,11,22H2/p+1/t16-/m1/s1. The molecule has 0 fully saturated rings. The van der Waals surface area contributed by atoms with Gasteiger partial charge in [0.25, 0.3) is 5.69 Å². The lowest BCUT2D eigenvalue weighted by Gasteiger charge is -2.10. The van der Waals surface area contributed by atoms with Gasteiger partial charge in [0.15, 0.2) is 18.3 Å². The van der Waals surface area contributed by atoms with E-state index in [2.05, 4.69) is 27.8 Å². The van der Waals surface area contributed by atoms with Crippen molar-refractivity contribution in [2.75, 3.05) is 6.61 Å². The molecule has 0 aliphatic rings. The molecule has 1 heterocycles. The second-order valence-corrected chi connectivity index (χ2v) is 7.52. The summed E-state index contributed by atoms with van der Waals surface area (Å²) in [6.07, 6.45) is 0. The number of carbonyl (C=O) groups excluding carboxylic acids is 2. The lowest BCUT2D eigenvalue weighted by molar-refractivity contribution is -0.384. The van der Waals surface area contributed by atoms with Crippen molar-refractivity contribution in [1.29, 1.82) is 5.26 Å². The molecule has 33 heavy (non-hydrogen) atoms. The van der Waals surface area contributed by atoms with Crippen LogP contribution in [0.2, 0.25) is 0 Å². The number of hydrogen-bond donors (Lipinski definition) is 1. The van der Waals surface area contributed by atoms with E-state index in [9.17, 15) is 19.7 Å². The average molecular weight is 466 g/mol. The van der Waals surface area contributed by atoms with Crippen LogP contribution in [0.5, 0.6) is 0 Å². The van der Waals surface area contributed by atoms with Crippen molar-refractivity contribution >= 4 is 29.2 Å². The summed E-state index contributed by atoms with van der Waals surface area (Å²) in [6, 6.07) is 14.3. The third kappa shape index (κ3) is 5.45. The number of Topliss-reactive ketones (excluding diaryl/α,β-unsaturated/α-hetero) is 1. The fourth-order valence-corrected chi connectivity index (χ4v) is 3.53. The number of carbonyl (C=O) groups is 2. The fraction of sp³-hybridized carbons (Fsp3) is 0.100. The van der Waals surface area contributed by atoms with Gasteiger partial charge in [-0.15, -0.1) is 5.10 Å². The molecule has 0 unspecified atom stereocenters. The van der Waals surface area contributed by atoms with Crippen molar-refractivity contribution < 1.29 is 25.0 Å². The molecule has 0 saturated carbocycles. The lowest BCUT2D eigenvalue weighted by Crippen LogP contribution is -2.51. The summed E-state index contributed by atoms with van der Waals surface area (Å²) >= 11 is 0.983. The molecule has 13 heteroatoms. The van der Waals surface area contributed by atoms with E-state index in [1.165, 1.54) is 16.8 Å². The summed E-state index contributed by atoms with van der Waals surface area (Å²) in [6.45, 7) is 2.74. The summed E-state index contributed by atoms with van der Waals surface area (Å²) in [5.74, 6) is -2.93. The molecule has 0 aliphatic heterocycles. The van der Waals surface area contributed by atoms with Crippen LogP contribution in [0.4, 0.5) is 5.69 Å². The van der Waals surface area contributed by atoms with Gasteiger partial charge in [-0.05, 0) is 47.0 Å². The van der Waals surface area contributed by atoms with E-state index in [1.807, 2.05) is 6.07 Å². The zero-order valence-electron chi connectivity index (χ0n) is 17.0. The minimum absolute atomic E-state index is 0.0675. The Morgan fingerprint density at radius 3 is 2.67 bits per heavy atom. The number of allylic oxidation sites excluding steroid dienone is 1. The molecule has 12 nitrogen and oxygen atoms in total. The Labute approximate surface area is 190 Å². The normalized spacial score (nSPS) is 11.3. The first-order chi connectivity index (χ1) is 15.8. The maximum absolute atomic E-state index is 12.7. The Morgan fingerprint density at radius 2 is 2.03 bits per heavy atom. The van der Waals surface area contributed by atoms with Crippen molar-refractivity contribution in [3.8, 4) is 11.8 Å². The summed E-state index contributed by atoms with van der Waals surface area (Å²) in [4.78, 5) is 35.7. The molecule has 3 aromatic rings. The monoisotopic (exact) mass is 466 g/mol. The van der Waals surface area contributed by atoms with E-state index in [0.29, 0.717) is 5.69 Å². The predicted octanol–water partition coefficient (Wildman–Crippen LogP) is 1.34. The van der Waals surface area contributed by atoms with Crippen LogP contribution >= 0.6 is 11.8 Å². The molecular formula is C20H16N7O5S+. The van der Waals surface area contributed by atoms with Crippen molar-refractivity contribution in [2.45, 2.75) is 10.1 Å². The molecule has 0 radical (unpaired) electrons. The van der Waals surface area contributed by atoms with Crippen LogP contribution in [0, 0.1) is 27.4 Å². The molecule has 0 bridgehead atoms. The number of tetrazole rings is 1. The first-order valence-corrected chi connectivity index (χ1v) is 10.0. The number of hydrogen-bond acceptors (Lipinski definition) is 10. The smallest absolute Gasteiger partial charge is 0.339 e. The molecule has 1 atom stereocenters. The van der Waals surface area contributed by atoms with Crippen LogP contribution in [0.15, 0.2) is 70.9 Å². The number of para-hydroxylation sites is 1. The van der Waals surface area contributed by atoms with Gasteiger partial charge in [-0.2, -0.15) is 9.94 Å². The third-order valence-corrected chi connectivity index (χ3v) is 5.25. The number of rotatable bonds is 9. The third-order valence-electron chi connectivity index (χ3n) is 4.24. The van der Waals surface area contributed by atoms with Gasteiger partial charge < -0.3 is 10.5 Å². The van der Waals surface area contributed by atoms with E-state index in [-0.39, 0.29) is 27.0 Å². The fourth-order valence-electron chi connectivity index (χ4n) is 2.64. The Balaban J connectivity index is 1.89. The number of ether oxygens (including phenoxy) is 1. The van der Waals surface area contributed by atoms with E-state index in [0.717, 1.165) is 17.8 Å². The first-order valence-electron chi connectivity index (χ1n) is 9.22. The number of nitro groups is 1. The van der Waals surface area contributed by atoms with Crippen molar-refractivity contribution in [3.05, 3.63) is 76.5 Å². The van der Waals surface area contributed by atoms with Gasteiger partial charge in [-0.3, -0.25) is 14.9 Å². The molecule has 0 saturated heterocycles. The molecule has 2 aromatic carbocycles. The highest BCUT2D eigenvalue weighted by molar-refractivity contribution is 7.99. The van der Waals surface area contributed by atoms with Crippen LogP contribution < -0.4 is 5.73 Å². The number of benzene rings is 2. The Kier molecular flexibility index (Phi) is 7.24. The van der Waals surface area contributed by atoms with Crippen LogP contribution in [0.1, 0.15) is 10.4 Å². The van der Waals surface area contributed by atoms with Crippen LogP contribution in [-0.2, 0) is 9.53 Å². The van der Waals surface area contributed by atoms with E-state index >= 15 is 0 Å². The summed E-state index contributed by atoms with van der Waals surface area (Å²) in [5.41, 5.74) is 3.68. The number of non-ortho nitro benzene ring substituents is 1. The number of ketones is 1. The van der Waals surface area contributed by atoms with Gasteiger partial charge in [0.05, 0.1) is 22.2 Å². The summed E-state index contributed by atoms with van der Waals surface area (Å²) in [7, 11) is 0. The number of quaternary nitrogens is 1. The number of aromatic nitrogens is 4. The van der Waals surface area contributed by atoms with Crippen LogP contribution in [-0.4, -0.2) is 43.5 Å². The molecule has 0 amide bonds. The van der Waals surface area contributed by atoms with E-state index < -0.39 is 29.2 Å². The number of esters is 1. The maximum Gasteiger partial charge on any atom is 0.339 e. The highest BCUT2D eigenvalue weighted by Crippen LogP contribution is 2.32. The number of nitrogens with zero attached hydrogens (tertiary/aromatic N) is 6. The Bertz CT molecular complexity index is 1270. The molecule has 3 rings (SSSR count). The van der Waals surface area contributed by atoms with Crippen molar-refractivity contribution in [1.82, 2.24) is 20.2 Å². The second kappa shape index (κ2) is 10.3. The van der Waals surface area contributed by atoms with E-state index in [4.69, 9.17) is 10.00 Å². The van der Waals surface area contributed by atoms with Gasteiger partial charge in [-0.25, -0.2) is 4.79 Å². The second-order valence-electron chi connectivity index (χ2n) is 6.51. The Hall–Kier alpha value is -4.41. The molecule has 0 spiro atoms. The van der Waals surface area contributed by atoms with Gasteiger partial charge >= 0.3 is 5.97 Å². The SMILES string of the molecule is C=C([NH3+])[C@@H](C#N)C(=O)COC(=O)c1cc([N+](=O)[O-])ccc1Sc1nnnn1-c1ccccc1. The minimum atomic E-state index is -1.23. The van der Waals surface area contributed by atoms with Crippen molar-refractivity contribution in [2.24, 2.45) is 5.92 Å². The van der Waals surface area contributed by atoms with Gasteiger partial charge in [0.1, 0.15) is 5.70 Å². The van der Waals surface area contributed by atoms with Gasteiger partial charge in [0.2, 0.25) is 5.16 Å². The Morgan fingerprint density at radius 1 is 1.30 bits per heavy atom. The summed E-state index contributed by atoms with van der Waals surface area (Å²) < 4.78 is 6.46. The largest absolute Gasteiger partial charge is 0.454 e. The zero-order chi connectivity index (χ0) is 24.0. The minimum Gasteiger partial charge on any atom is -0.454 e. The quantitative estimate of drug-likeness (QED) is 0.274. The highest BCUT2D eigenvalue weighted by atomic mass is 32.2. The van der Waals surface area contributed by atoms with Crippen LogP contribution in [0.3, 0.4) is 0 Å². The number of nitro benzene ring substituents is 1. The van der Waals surface area contributed by atoms with E-state index in [1.54, 1.807) is 30.3 Å². The zero-order valence-corrected chi connectivity index (χ0v) is 17.8. The van der Waals surface area contributed by atoms with Gasteiger partial charge in [-0.1, -0.05) is 18.2 Å². The predicted molar refractivity (Wildman–Crippen MR) is 113 cm³/mol.